The maximum absolute atomic E-state index is 12.6. The van der Waals surface area contributed by atoms with Crippen molar-refractivity contribution in [3.63, 3.8) is 0 Å². The number of nitriles is 1. The van der Waals surface area contributed by atoms with E-state index in [1.807, 2.05) is 31.0 Å². The third-order valence-electron chi connectivity index (χ3n) is 5.82. The molecule has 1 amide bonds. The minimum atomic E-state index is -4.39. The highest BCUT2D eigenvalue weighted by molar-refractivity contribution is 6.31. The summed E-state index contributed by atoms with van der Waals surface area (Å²) in [5.74, 6) is 0.988. The highest BCUT2D eigenvalue weighted by atomic mass is 35.5. The van der Waals surface area contributed by atoms with E-state index in [1.54, 1.807) is 19.1 Å². The molecule has 0 aromatic heterocycles. The van der Waals surface area contributed by atoms with Gasteiger partial charge in [-0.05, 0) is 66.6 Å². The average Bonchev–Trinajstić information content (AvgIpc) is 3.11. The molecule has 0 spiro atoms. The summed E-state index contributed by atoms with van der Waals surface area (Å²) in [5.41, 5.74) is 0.847. The van der Waals surface area contributed by atoms with E-state index in [4.69, 9.17) is 16.9 Å². The van der Waals surface area contributed by atoms with Crippen molar-refractivity contribution in [2.75, 3.05) is 13.6 Å². The fourth-order valence-electron chi connectivity index (χ4n) is 3.45. The van der Waals surface area contributed by atoms with Crippen molar-refractivity contribution in [1.29, 1.82) is 5.26 Å². The number of aryl methyl sites for hydroxylation is 2. The number of likely N-dealkylation sites (tertiary alicyclic amines) is 1. The Bertz CT molecular complexity index is 1000. The fraction of sp³-hybridized carbons (Fsp3) is 0.462. The monoisotopic (exact) mass is 498 g/mol. The Morgan fingerprint density at radius 2 is 1.85 bits per heavy atom. The molecule has 1 aliphatic rings. The molecule has 2 aromatic carbocycles. The summed E-state index contributed by atoms with van der Waals surface area (Å²) >= 11 is 5.71. The first-order chi connectivity index (χ1) is 15.8. The Morgan fingerprint density at radius 1 is 1.21 bits per heavy atom. The van der Waals surface area contributed by atoms with Gasteiger partial charge in [0, 0.05) is 20.0 Å². The quantitative estimate of drug-likeness (QED) is 0.413. The molecule has 186 valence electrons. The van der Waals surface area contributed by atoms with Crippen LogP contribution in [0.2, 0.25) is 5.02 Å². The van der Waals surface area contributed by atoms with Gasteiger partial charge in [0.2, 0.25) is 5.91 Å². The number of hydrogen-bond acceptors (Lipinski definition) is 2. The van der Waals surface area contributed by atoms with Gasteiger partial charge in [0.1, 0.15) is 11.9 Å². The zero-order valence-corrected chi connectivity index (χ0v) is 20.9. The Labute approximate surface area is 204 Å². The van der Waals surface area contributed by atoms with Crippen LogP contribution >= 0.6 is 11.6 Å². The van der Waals surface area contributed by atoms with Crippen LogP contribution in [0.1, 0.15) is 55.9 Å². The van der Waals surface area contributed by atoms with E-state index in [0.29, 0.717) is 28.3 Å². The summed E-state index contributed by atoms with van der Waals surface area (Å²) < 4.78 is 49.3. The van der Waals surface area contributed by atoms with Crippen LogP contribution in [-0.4, -0.2) is 24.4 Å². The molecule has 8 heteroatoms. The van der Waals surface area contributed by atoms with Crippen LogP contribution in [-0.2, 0) is 17.4 Å². The van der Waals surface area contributed by atoms with E-state index >= 15 is 0 Å². The van der Waals surface area contributed by atoms with Crippen molar-refractivity contribution in [2.24, 2.45) is 11.8 Å². The molecule has 1 fully saturated rings. The molecule has 1 saturated heterocycles. The molecular weight excluding hydrogens is 468 g/mol. The third-order valence-corrected chi connectivity index (χ3v) is 6.13. The summed E-state index contributed by atoms with van der Waals surface area (Å²) in [6.07, 6.45) is -2.26. The lowest BCUT2D eigenvalue weighted by Gasteiger charge is -2.15. The summed E-state index contributed by atoms with van der Waals surface area (Å²) in [4.78, 5) is 13.0. The number of rotatable bonds is 3. The van der Waals surface area contributed by atoms with Crippen LogP contribution in [0, 0.1) is 35.9 Å². The molecule has 2 aromatic rings. The van der Waals surface area contributed by atoms with Crippen molar-refractivity contribution < 1.29 is 22.4 Å². The molecule has 0 aliphatic carbocycles. The SMILES string of the molecule is CCC(C)C1CC(=O)N(C)C1.CCc1cc(F)ccc1C(F)(F)F.Cc1ccc(C#N)c(Cl)c1. The van der Waals surface area contributed by atoms with Gasteiger partial charge >= 0.3 is 6.18 Å². The lowest BCUT2D eigenvalue weighted by molar-refractivity contribution is -0.138. The molecule has 34 heavy (non-hydrogen) atoms. The smallest absolute Gasteiger partial charge is 0.345 e. The number of carbonyl (C=O) groups is 1. The van der Waals surface area contributed by atoms with Crippen LogP contribution in [0.4, 0.5) is 17.6 Å². The van der Waals surface area contributed by atoms with Crippen molar-refractivity contribution in [2.45, 2.75) is 53.1 Å². The first kappa shape index (κ1) is 29.4. The van der Waals surface area contributed by atoms with Gasteiger partial charge in [0.05, 0.1) is 16.1 Å². The largest absolute Gasteiger partial charge is 0.416 e. The van der Waals surface area contributed by atoms with Crippen LogP contribution in [0.5, 0.6) is 0 Å². The maximum atomic E-state index is 12.6. The Hall–Kier alpha value is -2.59. The lowest BCUT2D eigenvalue weighted by Crippen LogP contribution is -2.20. The van der Waals surface area contributed by atoms with E-state index in [9.17, 15) is 22.4 Å². The molecule has 3 rings (SSSR count). The van der Waals surface area contributed by atoms with Crippen LogP contribution in [0.3, 0.4) is 0 Å². The topological polar surface area (TPSA) is 44.1 Å². The first-order valence-electron chi connectivity index (χ1n) is 11.1. The van der Waals surface area contributed by atoms with E-state index in [2.05, 4.69) is 13.8 Å². The predicted molar refractivity (Wildman–Crippen MR) is 127 cm³/mol. The van der Waals surface area contributed by atoms with Crippen LogP contribution in [0.15, 0.2) is 36.4 Å². The van der Waals surface area contributed by atoms with E-state index in [0.717, 1.165) is 36.7 Å². The number of amides is 1. The summed E-state index contributed by atoms with van der Waals surface area (Å²) in [7, 11) is 1.89. The molecule has 3 nitrogen and oxygen atoms in total. The molecule has 0 N–H and O–H groups in total. The zero-order chi connectivity index (χ0) is 26.1. The Morgan fingerprint density at radius 3 is 2.29 bits per heavy atom. The minimum absolute atomic E-state index is 0.00694. The number of benzene rings is 2. The summed E-state index contributed by atoms with van der Waals surface area (Å²) in [6.45, 7) is 8.88. The Kier molecular flexibility index (Phi) is 11.5. The Balaban J connectivity index is 0.000000257. The van der Waals surface area contributed by atoms with Gasteiger partial charge in [0.25, 0.3) is 0 Å². The molecule has 1 aliphatic heterocycles. The number of halogens is 5. The van der Waals surface area contributed by atoms with Gasteiger partial charge in [-0.1, -0.05) is 44.9 Å². The summed E-state index contributed by atoms with van der Waals surface area (Å²) in [6, 6.07) is 9.87. The molecule has 0 bridgehead atoms. The number of nitrogens with zero attached hydrogens (tertiary/aromatic N) is 2. The second kappa shape index (κ2) is 13.3. The van der Waals surface area contributed by atoms with E-state index in [-0.39, 0.29) is 12.0 Å². The van der Waals surface area contributed by atoms with Gasteiger partial charge < -0.3 is 4.90 Å². The number of hydrogen-bond donors (Lipinski definition) is 0. The maximum Gasteiger partial charge on any atom is 0.416 e. The minimum Gasteiger partial charge on any atom is -0.345 e. The van der Waals surface area contributed by atoms with Gasteiger partial charge in [-0.15, -0.1) is 0 Å². The predicted octanol–water partition coefficient (Wildman–Crippen LogP) is 7.44. The van der Waals surface area contributed by atoms with Crippen molar-refractivity contribution in [3.05, 3.63) is 69.5 Å². The highest BCUT2D eigenvalue weighted by Crippen LogP contribution is 2.32. The molecule has 0 radical (unpaired) electrons. The van der Waals surface area contributed by atoms with Gasteiger partial charge in [0.15, 0.2) is 0 Å². The second-order valence-electron chi connectivity index (χ2n) is 8.37. The van der Waals surface area contributed by atoms with E-state index < -0.39 is 17.6 Å². The third kappa shape index (κ3) is 8.98. The van der Waals surface area contributed by atoms with Crippen molar-refractivity contribution in [1.82, 2.24) is 4.90 Å². The number of carbonyl (C=O) groups excluding carboxylic acids is 1. The van der Waals surface area contributed by atoms with E-state index in [1.165, 1.54) is 6.42 Å². The molecule has 0 saturated carbocycles. The average molecular weight is 499 g/mol. The first-order valence-corrected chi connectivity index (χ1v) is 11.5. The van der Waals surface area contributed by atoms with Crippen molar-refractivity contribution in [3.8, 4) is 6.07 Å². The molecule has 2 unspecified atom stereocenters. The number of alkyl halides is 3. The zero-order valence-electron chi connectivity index (χ0n) is 20.1. The van der Waals surface area contributed by atoms with Crippen molar-refractivity contribution >= 4 is 17.5 Å². The second-order valence-corrected chi connectivity index (χ2v) is 8.78. The fourth-order valence-corrected chi connectivity index (χ4v) is 3.73. The molecule has 2 atom stereocenters. The lowest BCUT2D eigenvalue weighted by atomic mass is 9.91. The normalized spacial score (nSPS) is 16.1. The van der Waals surface area contributed by atoms with Crippen LogP contribution in [0.25, 0.3) is 0 Å². The van der Waals surface area contributed by atoms with Gasteiger partial charge in [-0.3, -0.25) is 4.79 Å². The highest BCUT2D eigenvalue weighted by Gasteiger charge is 2.32. The standard InChI is InChI=1S/C9H8F4.C9H17NO.C8H6ClN/c1-2-6-5-7(10)3-4-8(6)9(11,12)13;1-4-7(2)8-5-9(11)10(3)6-8;1-6-2-3-7(5-10)8(9)4-6/h3-5H,2H2,1H3;7-8H,4-6H2,1-3H3;2-4H,1H3. The summed E-state index contributed by atoms with van der Waals surface area (Å²) in [5, 5.41) is 9.00. The van der Waals surface area contributed by atoms with Gasteiger partial charge in [-0.2, -0.15) is 18.4 Å². The van der Waals surface area contributed by atoms with Gasteiger partial charge in [-0.25, -0.2) is 4.39 Å². The van der Waals surface area contributed by atoms with Crippen LogP contribution < -0.4 is 0 Å². The molecule has 1 heterocycles. The molecular formula is C26H31ClF4N2O.